The van der Waals surface area contributed by atoms with E-state index in [4.69, 9.17) is 9.84 Å². The molecule has 3 heterocycles. The molecule has 1 aromatic carbocycles. The largest absolute Gasteiger partial charge is 0.383 e. The second kappa shape index (κ2) is 13.1. The molecule has 1 fully saturated rings. The van der Waals surface area contributed by atoms with E-state index in [0.717, 1.165) is 58.0 Å². The van der Waals surface area contributed by atoms with E-state index in [1.165, 1.54) is 35.4 Å². The van der Waals surface area contributed by atoms with Gasteiger partial charge in [0.1, 0.15) is 0 Å². The molecule has 1 atom stereocenters. The standard InChI is InChI=1S/C30H43N5O/c1-5-35-25(3)29(24(2)32-35)23-33-17-14-27(15-18-33)30(21-26-11-7-6-8-12-26)34(19-20-36-4)22-28-13-9-10-16-31-28/h6-13,16,27,30H,5,14-15,17-23H2,1-4H3/t30-/m1/s1. The zero-order valence-corrected chi connectivity index (χ0v) is 22.6. The summed E-state index contributed by atoms with van der Waals surface area (Å²) in [5, 5.41) is 4.74. The van der Waals surface area contributed by atoms with Crippen LogP contribution in [0.1, 0.15) is 48.0 Å². The maximum absolute atomic E-state index is 5.54. The topological polar surface area (TPSA) is 46.4 Å². The number of rotatable bonds is 12. The first kappa shape index (κ1) is 26.5. The molecule has 0 saturated carbocycles. The van der Waals surface area contributed by atoms with Crippen molar-refractivity contribution < 1.29 is 4.74 Å². The molecule has 0 spiro atoms. The van der Waals surface area contributed by atoms with Gasteiger partial charge in [-0.3, -0.25) is 19.5 Å². The Balaban J connectivity index is 1.49. The molecule has 3 aromatic rings. The number of methoxy groups -OCH3 is 1. The second-order valence-corrected chi connectivity index (χ2v) is 10.1. The highest BCUT2D eigenvalue weighted by Gasteiger charge is 2.31. The SMILES string of the molecule is CCn1nc(C)c(CN2CCC([C@@H](Cc3ccccc3)N(CCOC)Cc3ccccn3)CC2)c1C. The van der Waals surface area contributed by atoms with Crippen molar-refractivity contribution in [3.05, 3.63) is 82.9 Å². The van der Waals surface area contributed by atoms with Gasteiger partial charge >= 0.3 is 0 Å². The molecule has 6 nitrogen and oxygen atoms in total. The third-order valence-corrected chi connectivity index (χ3v) is 7.82. The van der Waals surface area contributed by atoms with Crippen molar-refractivity contribution in [3.63, 3.8) is 0 Å². The summed E-state index contributed by atoms with van der Waals surface area (Å²) in [5.41, 5.74) is 6.45. The highest BCUT2D eigenvalue weighted by molar-refractivity contribution is 5.24. The molecule has 0 unspecified atom stereocenters. The van der Waals surface area contributed by atoms with Crippen molar-refractivity contribution >= 4 is 0 Å². The number of nitrogens with zero attached hydrogens (tertiary/aromatic N) is 5. The summed E-state index contributed by atoms with van der Waals surface area (Å²) < 4.78 is 7.67. The molecule has 6 heteroatoms. The van der Waals surface area contributed by atoms with E-state index in [9.17, 15) is 0 Å². The average molecular weight is 490 g/mol. The molecule has 1 aliphatic rings. The molecule has 0 bridgehead atoms. The van der Waals surface area contributed by atoms with Crippen molar-refractivity contribution in [1.29, 1.82) is 0 Å². The minimum Gasteiger partial charge on any atom is -0.383 e. The van der Waals surface area contributed by atoms with E-state index in [1.54, 1.807) is 7.11 Å². The number of likely N-dealkylation sites (tertiary alicyclic amines) is 1. The van der Waals surface area contributed by atoms with Crippen LogP contribution in [0.3, 0.4) is 0 Å². The fourth-order valence-electron chi connectivity index (χ4n) is 5.71. The van der Waals surface area contributed by atoms with Gasteiger partial charge in [0.2, 0.25) is 0 Å². The fourth-order valence-corrected chi connectivity index (χ4v) is 5.71. The second-order valence-electron chi connectivity index (χ2n) is 10.1. The normalized spacial score (nSPS) is 16.0. The van der Waals surface area contributed by atoms with Gasteiger partial charge in [-0.05, 0) is 76.7 Å². The highest BCUT2D eigenvalue weighted by Crippen LogP contribution is 2.29. The average Bonchev–Trinajstić information content (AvgIpc) is 3.19. The molecule has 1 saturated heterocycles. The Labute approximate surface area is 217 Å². The smallest absolute Gasteiger partial charge is 0.0641 e. The van der Waals surface area contributed by atoms with Gasteiger partial charge in [0.25, 0.3) is 0 Å². The van der Waals surface area contributed by atoms with Crippen molar-refractivity contribution in [2.45, 2.75) is 65.7 Å². The lowest BCUT2D eigenvalue weighted by Crippen LogP contribution is -2.47. The number of piperidine rings is 1. The van der Waals surface area contributed by atoms with Gasteiger partial charge < -0.3 is 4.74 Å². The van der Waals surface area contributed by atoms with Crippen LogP contribution < -0.4 is 0 Å². The first-order valence-electron chi connectivity index (χ1n) is 13.5. The molecular weight excluding hydrogens is 446 g/mol. The quantitative estimate of drug-likeness (QED) is 0.363. The van der Waals surface area contributed by atoms with E-state index < -0.39 is 0 Å². The predicted molar refractivity (Wildman–Crippen MR) is 146 cm³/mol. The maximum Gasteiger partial charge on any atom is 0.0641 e. The van der Waals surface area contributed by atoms with Crippen LogP contribution in [0.5, 0.6) is 0 Å². The maximum atomic E-state index is 5.54. The van der Waals surface area contributed by atoms with E-state index in [1.807, 2.05) is 12.3 Å². The summed E-state index contributed by atoms with van der Waals surface area (Å²) in [6.45, 7) is 13.3. The first-order valence-corrected chi connectivity index (χ1v) is 13.5. The van der Waals surface area contributed by atoms with Crippen LogP contribution in [0, 0.1) is 19.8 Å². The molecule has 0 aliphatic carbocycles. The molecule has 4 rings (SSSR count). The lowest BCUT2D eigenvalue weighted by atomic mass is 9.84. The van der Waals surface area contributed by atoms with E-state index in [-0.39, 0.29) is 0 Å². The molecule has 1 aliphatic heterocycles. The Hall–Kier alpha value is -2.54. The molecule has 36 heavy (non-hydrogen) atoms. The highest BCUT2D eigenvalue weighted by atomic mass is 16.5. The number of hydrogen-bond acceptors (Lipinski definition) is 5. The number of aryl methyl sites for hydroxylation is 2. The third kappa shape index (κ3) is 6.81. The number of hydrogen-bond donors (Lipinski definition) is 0. The van der Waals surface area contributed by atoms with Crippen molar-refractivity contribution in [2.75, 3.05) is 33.4 Å². The fraction of sp³-hybridized carbons (Fsp3) is 0.533. The van der Waals surface area contributed by atoms with Crippen LogP contribution in [-0.4, -0.2) is 64.0 Å². The minimum atomic E-state index is 0.456. The number of pyridine rings is 1. The van der Waals surface area contributed by atoms with Crippen LogP contribution in [0.15, 0.2) is 54.7 Å². The molecular formula is C30H43N5O. The lowest BCUT2D eigenvalue weighted by molar-refractivity contribution is 0.0563. The third-order valence-electron chi connectivity index (χ3n) is 7.82. The lowest BCUT2D eigenvalue weighted by Gasteiger charge is -2.41. The van der Waals surface area contributed by atoms with Crippen molar-refractivity contribution in [2.24, 2.45) is 5.92 Å². The van der Waals surface area contributed by atoms with Gasteiger partial charge in [0.15, 0.2) is 0 Å². The van der Waals surface area contributed by atoms with E-state index in [0.29, 0.717) is 12.0 Å². The number of ether oxygens (including phenoxy) is 1. The van der Waals surface area contributed by atoms with Crippen LogP contribution in [0.4, 0.5) is 0 Å². The Bertz CT molecular complexity index is 1040. The van der Waals surface area contributed by atoms with Gasteiger partial charge in [-0.2, -0.15) is 5.10 Å². The first-order chi connectivity index (χ1) is 17.6. The molecule has 194 valence electrons. The summed E-state index contributed by atoms with van der Waals surface area (Å²) in [6, 6.07) is 17.7. The van der Waals surface area contributed by atoms with Gasteiger partial charge in [-0.1, -0.05) is 36.4 Å². The molecule has 2 aromatic heterocycles. The van der Waals surface area contributed by atoms with Gasteiger partial charge in [-0.25, -0.2) is 0 Å². The van der Waals surface area contributed by atoms with Crippen LogP contribution in [0.25, 0.3) is 0 Å². The zero-order chi connectivity index (χ0) is 25.3. The van der Waals surface area contributed by atoms with E-state index in [2.05, 4.69) is 82.7 Å². The zero-order valence-electron chi connectivity index (χ0n) is 22.6. The summed E-state index contributed by atoms with van der Waals surface area (Å²) in [6.07, 6.45) is 5.38. The Morgan fingerprint density at radius 3 is 2.44 bits per heavy atom. The van der Waals surface area contributed by atoms with Gasteiger partial charge in [0, 0.05) is 56.8 Å². The number of benzene rings is 1. The van der Waals surface area contributed by atoms with Crippen LogP contribution in [0.2, 0.25) is 0 Å². The van der Waals surface area contributed by atoms with Crippen molar-refractivity contribution in [3.8, 4) is 0 Å². The Kier molecular flexibility index (Phi) is 9.67. The Morgan fingerprint density at radius 2 is 1.81 bits per heavy atom. The summed E-state index contributed by atoms with van der Waals surface area (Å²) >= 11 is 0. The van der Waals surface area contributed by atoms with Gasteiger partial charge in [-0.15, -0.1) is 0 Å². The molecule has 0 amide bonds. The summed E-state index contributed by atoms with van der Waals surface area (Å²) in [7, 11) is 1.80. The predicted octanol–water partition coefficient (Wildman–Crippen LogP) is 4.89. The van der Waals surface area contributed by atoms with Crippen LogP contribution in [-0.2, 0) is 30.8 Å². The van der Waals surface area contributed by atoms with E-state index >= 15 is 0 Å². The molecule has 0 radical (unpaired) electrons. The van der Waals surface area contributed by atoms with Crippen molar-refractivity contribution in [1.82, 2.24) is 24.6 Å². The Morgan fingerprint density at radius 1 is 1.06 bits per heavy atom. The van der Waals surface area contributed by atoms with Gasteiger partial charge in [0.05, 0.1) is 18.0 Å². The minimum absolute atomic E-state index is 0.456. The summed E-state index contributed by atoms with van der Waals surface area (Å²) in [4.78, 5) is 9.90. The van der Waals surface area contributed by atoms with Crippen LogP contribution >= 0.6 is 0 Å². The molecule has 0 N–H and O–H groups in total. The monoisotopic (exact) mass is 489 g/mol. The number of aromatic nitrogens is 3. The summed E-state index contributed by atoms with van der Waals surface area (Å²) in [5.74, 6) is 0.641.